The van der Waals surface area contributed by atoms with Crippen molar-refractivity contribution < 1.29 is 26.7 Å². The molecule has 2 aromatic carbocycles. The average molecular weight is 390 g/mol. The third kappa shape index (κ3) is 5.99. The fraction of sp³-hybridized carbons (Fsp3) is 0.188. The molecule has 0 unspecified atom stereocenters. The van der Waals surface area contributed by atoms with E-state index in [9.17, 15) is 22.0 Å². The van der Waals surface area contributed by atoms with Crippen molar-refractivity contribution in [1.82, 2.24) is 0 Å². The minimum absolute atomic E-state index is 0.0432. The van der Waals surface area contributed by atoms with Gasteiger partial charge in [0.15, 0.2) is 9.84 Å². The van der Waals surface area contributed by atoms with Crippen LogP contribution in [0.5, 0.6) is 5.75 Å². The lowest BCUT2D eigenvalue weighted by atomic mass is 10.3. The van der Waals surface area contributed by atoms with Crippen LogP contribution in [0, 0.1) is 0 Å². The number of halogens is 3. The van der Waals surface area contributed by atoms with E-state index in [2.05, 4.69) is 10.1 Å². The number of carbonyl (C=O) groups excluding carboxylic acids is 1. The van der Waals surface area contributed by atoms with E-state index in [1.807, 2.05) is 0 Å². The van der Waals surface area contributed by atoms with E-state index in [4.69, 9.17) is 11.6 Å². The molecule has 25 heavy (non-hydrogen) atoms. The molecule has 0 heterocycles. The number of hydrogen-bond acceptors (Lipinski definition) is 4. The van der Waals surface area contributed by atoms with E-state index in [0.29, 0.717) is 10.7 Å². The molecule has 0 atom stereocenters. The van der Waals surface area contributed by atoms with Gasteiger partial charge in [0.2, 0.25) is 5.91 Å². The molecule has 1 N–H and O–H groups in total. The van der Waals surface area contributed by atoms with Gasteiger partial charge in [-0.15, -0.1) is 0 Å². The summed E-state index contributed by atoms with van der Waals surface area (Å²) in [5.41, 5.74) is 0.343. The Morgan fingerprint density at radius 3 is 2.24 bits per heavy atom. The summed E-state index contributed by atoms with van der Waals surface area (Å²) in [4.78, 5) is 11.9. The van der Waals surface area contributed by atoms with Gasteiger partial charge in [-0.3, -0.25) is 4.79 Å². The highest BCUT2D eigenvalue weighted by Crippen LogP contribution is 2.19. The Bertz CT molecular complexity index is 824. The van der Waals surface area contributed by atoms with Crippen LogP contribution in [0.1, 0.15) is 6.42 Å². The van der Waals surface area contributed by atoms with E-state index < -0.39 is 22.4 Å². The molecule has 0 spiro atoms. The second-order valence-electron chi connectivity index (χ2n) is 4.97. The molecule has 0 aliphatic rings. The van der Waals surface area contributed by atoms with Crippen molar-refractivity contribution in [3.63, 3.8) is 0 Å². The third-order valence-corrected chi connectivity index (χ3v) is 5.12. The molecule has 0 saturated heterocycles. The summed E-state index contributed by atoms with van der Waals surface area (Å²) in [5, 5.41) is 2.90. The van der Waals surface area contributed by atoms with E-state index >= 15 is 0 Å². The topological polar surface area (TPSA) is 72.5 Å². The zero-order chi connectivity index (χ0) is 18.4. The summed E-state index contributed by atoms with van der Waals surface area (Å²) in [7, 11) is -3.61. The van der Waals surface area contributed by atoms with Crippen LogP contribution in [0.3, 0.4) is 0 Å². The first-order valence-electron chi connectivity index (χ1n) is 7.09. The Kier molecular flexibility index (Phi) is 6.33. The highest BCUT2D eigenvalue weighted by atomic mass is 35.5. The molecule has 134 valence electrons. The van der Waals surface area contributed by atoms with Gasteiger partial charge in [-0.2, -0.15) is 8.78 Å². The van der Waals surface area contributed by atoms with Crippen LogP contribution >= 0.6 is 11.6 Å². The number of hydrogen-bond donors (Lipinski definition) is 1. The van der Waals surface area contributed by atoms with Crippen molar-refractivity contribution in [1.29, 1.82) is 0 Å². The number of alkyl halides is 2. The number of amides is 1. The molecule has 5 nitrogen and oxygen atoms in total. The predicted octanol–water partition coefficient (Wildman–Crippen LogP) is 3.74. The molecule has 0 bridgehead atoms. The quantitative estimate of drug-likeness (QED) is 0.782. The van der Waals surface area contributed by atoms with Crippen LogP contribution in [0.4, 0.5) is 14.5 Å². The van der Waals surface area contributed by atoms with Gasteiger partial charge >= 0.3 is 6.61 Å². The number of ether oxygens (including phenoxy) is 1. The zero-order valence-electron chi connectivity index (χ0n) is 12.8. The Balaban J connectivity index is 1.90. The second kappa shape index (κ2) is 8.26. The maximum atomic E-state index is 12.1. The number of sulfone groups is 1. The van der Waals surface area contributed by atoms with Crippen LogP contribution in [-0.4, -0.2) is 26.7 Å². The first-order chi connectivity index (χ1) is 11.8. The van der Waals surface area contributed by atoms with Gasteiger partial charge in [0.1, 0.15) is 5.75 Å². The van der Waals surface area contributed by atoms with Gasteiger partial charge in [0.25, 0.3) is 0 Å². The lowest BCUT2D eigenvalue weighted by Crippen LogP contribution is -2.17. The summed E-state index contributed by atoms with van der Waals surface area (Å²) >= 11 is 5.71. The SMILES string of the molecule is O=C(CCS(=O)(=O)c1ccc(Cl)cc1)Nc1ccc(OC(F)F)cc1. The maximum absolute atomic E-state index is 12.1. The van der Waals surface area contributed by atoms with Crippen LogP contribution in [-0.2, 0) is 14.6 Å². The summed E-state index contributed by atoms with van der Waals surface area (Å²) in [6, 6.07) is 11.0. The van der Waals surface area contributed by atoms with Gasteiger partial charge in [-0.05, 0) is 48.5 Å². The fourth-order valence-electron chi connectivity index (χ4n) is 1.93. The molecule has 2 rings (SSSR count). The Morgan fingerprint density at radius 2 is 1.68 bits per heavy atom. The zero-order valence-corrected chi connectivity index (χ0v) is 14.4. The lowest BCUT2D eigenvalue weighted by Gasteiger charge is -2.08. The second-order valence-corrected chi connectivity index (χ2v) is 7.52. The third-order valence-electron chi connectivity index (χ3n) is 3.13. The van der Waals surface area contributed by atoms with Crippen LogP contribution in [0.15, 0.2) is 53.4 Å². The van der Waals surface area contributed by atoms with Crippen molar-refractivity contribution in [2.75, 3.05) is 11.1 Å². The molecule has 9 heteroatoms. The van der Waals surface area contributed by atoms with Gasteiger partial charge in [-0.1, -0.05) is 11.6 Å². The number of nitrogens with one attached hydrogen (secondary N) is 1. The summed E-state index contributed by atoms with van der Waals surface area (Å²) < 4.78 is 52.6. The normalized spacial score (nSPS) is 11.4. The predicted molar refractivity (Wildman–Crippen MR) is 89.8 cm³/mol. The van der Waals surface area contributed by atoms with E-state index in [-0.39, 0.29) is 22.8 Å². The van der Waals surface area contributed by atoms with E-state index in [1.165, 1.54) is 48.5 Å². The van der Waals surface area contributed by atoms with Crippen molar-refractivity contribution in [2.24, 2.45) is 0 Å². The van der Waals surface area contributed by atoms with Crippen molar-refractivity contribution in [3.8, 4) is 5.75 Å². The smallest absolute Gasteiger partial charge is 0.387 e. The number of rotatable bonds is 7. The number of carbonyl (C=O) groups is 1. The van der Waals surface area contributed by atoms with Crippen molar-refractivity contribution >= 4 is 33.0 Å². The van der Waals surface area contributed by atoms with Crippen molar-refractivity contribution in [3.05, 3.63) is 53.6 Å². The molecular formula is C16H14ClF2NO4S. The monoisotopic (exact) mass is 389 g/mol. The Hall–Kier alpha value is -2.19. The highest BCUT2D eigenvalue weighted by molar-refractivity contribution is 7.91. The largest absolute Gasteiger partial charge is 0.435 e. The van der Waals surface area contributed by atoms with E-state index in [0.717, 1.165) is 0 Å². The number of benzene rings is 2. The average Bonchev–Trinajstić information content (AvgIpc) is 2.55. The van der Waals surface area contributed by atoms with Crippen LogP contribution in [0.2, 0.25) is 5.02 Å². The minimum Gasteiger partial charge on any atom is -0.435 e. The van der Waals surface area contributed by atoms with Crippen molar-refractivity contribution in [2.45, 2.75) is 17.9 Å². The molecule has 2 aromatic rings. The summed E-state index contributed by atoms with van der Waals surface area (Å²) in [6.07, 6.45) is -0.250. The first kappa shape index (κ1) is 19.1. The Labute approximate surface area is 148 Å². The molecule has 0 saturated carbocycles. The molecule has 0 aliphatic heterocycles. The maximum Gasteiger partial charge on any atom is 0.387 e. The molecule has 0 aromatic heterocycles. The lowest BCUT2D eigenvalue weighted by molar-refractivity contribution is -0.115. The first-order valence-corrected chi connectivity index (χ1v) is 9.12. The molecular weight excluding hydrogens is 376 g/mol. The van der Waals surface area contributed by atoms with Crippen LogP contribution < -0.4 is 10.1 Å². The highest BCUT2D eigenvalue weighted by Gasteiger charge is 2.16. The van der Waals surface area contributed by atoms with Gasteiger partial charge in [0, 0.05) is 17.1 Å². The molecule has 0 aliphatic carbocycles. The molecule has 1 amide bonds. The van der Waals surface area contributed by atoms with Crippen LogP contribution in [0.25, 0.3) is 0 Å². The summed E-state index contributed by atoms with van der Waals surface area (Å²) in [6.45, 7) is -2.93. The van der Waals surface area contributed by atoms with Gasteiger partial charge in [0.05, 0.1) is 10.6 Å². The summed E-state index contributed by atoms with van der Waals surface area (Å²) in [5.74, 6) is -0.925. The fourth-order valence-corrected chi connectivity index (χ4v) is 3.30. The number of anilines is 1. The van der Waals surface area contributed by atoms with Gasteiger partial charge in [-0.25, -0.2) is 8.42 Å². The van der Waals surface area contributed by atoms with E-state index in [1.54, 1.807) is 0 Å². The standard InChI is InChI=1S/C16H14ClF2NO4S/c17-11-1-7-14(8-2-11)25(22,23)10-9-15(21)20-12-3-5-13(6-4-12)24-16(18)19/h1-8,16H,9-10H2,(H,20,21). The molecule has 0 radical (unpaired) electrons. The van der Waals surface area contributed by atoms with Gasteiger partial charge < -0.3 is 10.1 Å². The molecule has 0 fully saturated rings. The Morgan fingerprint density at radius 1 is 1.08 bits per heavy atom. The minimum atomic E-state index is -3.61.